The number of allylic oxidation sites excluding steroid dienone is 3. The SMILES string of the molecule is CCC1C/C=C\c2c(n3c4cc5oc6ccccc6c5cc4c4cccc2c43)CC2C=C(CC3CCCC3)C=CN2C1(C)C. The van der Waals surface area contributed by atoms with Gasteiger partial charge in [-0.25, -0.2) is 0 Å². The largest absolute Gasteiger partial charge is 0.456 e. The Kier molecular flexibility index (Phi) is 5.86. The molecular weight excluding hydrogens is 536 g/mol. The van der Waals surface area contributed by atoms with Crippen molar-refractivity contribution in [1.29, 1.82) is 0 Å². The molecule has 1 fully saturated rings. The molecule has 1 aliphatic carbocycles. The Morgan fingerprint density at radius 2 is 1.68 bits per heavy atom. The van der Waals surface area contributed by atoms with Gasteiger partial charge < -0.3 is 13.7 Å². The topological polar surface area (TPSA) is 20.8 Å². The highest BCUT2D eigenvalue weighted by atomic mass is 16.3. The summed E-state index contributed by atoms with van der Waals surface area (Å²) in [5, 5.41) is 6.42. The molecule has 0 saturated heterocycles. The van der Waals surface area contributed by atoms with E-state index < -0.39 is 0 Å². The third-order valence-corrected chi connectivity index (χ3v) is 11.6. The van der Waals surface area contributed by atoms with E-state index in [4.69, 9.17) is 4.42 Å². The predicted octanol–water partition coefficient (Wildman–Crippen LogP) is 11.1. The van der Waals surface area contributed by atoms with Gasteiger partial charge in [-0.15, -0.1) is 0 Å². The lowest BCUT2D eigenvalue weighted by molar-refractivity contribution is 0.0818. The molecular formula is C41H42N2O. The Bertz CT molecular complexity index is 2140. The summed E-state index contributed by atoms with van der Waals surface area (Å²) in [6.45, 7) is 7.32. The fourth-order valence-electron chi connectivity index (χ4n) is 9.29. The van der Waals surface area contributed by atoms with Crippen LogP contribution in [0.25, 0.3) is 55.2 Å². The molecule has 3 aromatic carbocycles. The van der Waals surface area contributed by atoms with Gasteiger partial charge in [0.25, 0.3) is 0 Å². The molecule has 0 amide bonds. The minimum absolute atomic E-state index is 0.0493. The molecule has 9 rings (SSSR count). The van der Waals surface area contributed by atoms with Crippen molar-refractivity contribution in [1.82, 2.24) is 9.30 Å². The van der Waals surface area contributed by atoms with Crippen molar-refractivity contribution in [3.8, 4) is 0 Å². The van der Waals surface area contributed by atoms with Crippen LogP contribution in [0.1, 0.15) is 77.0 Å². The van der Waals surface area contributed by atoms with Gasteiger partial charge in [-0.3, -0.25) is 0 Å². The first-order valence-electron chi connectivity index (χ1n) is 17.0. The fourth-order valence-corrected chi connectivity index (χ4v) is 9.29. The van der Waals surface area contributed by atoms with Gasteiger partial charge in [-0.1, -0.05) is 93.7 Å². The van der Waals surface area contributed by atoms with E-state index >= 15 is 0 Å². The maximum atomic E-state index is 6.43. The first-order valence-corrected chi connectivity index (χ1v) is 17.0. The molecule has 6 aromatic rings. The zero-order chi connectivity index (χ0) is 29.6. The predicted molar refractivity (Wildman–Crippen MR) is 186 cm³/mol. The number of hydrogen-bond acceptors (Lipinski definition) is 2. The van der Waals surface area contributed by atoms with Crippen LogP contribution in [0.15, 0.2) is 89.0 Å². The van der Waals surface area contributed by atoms with Crippen molar-refractivity contribution in [3.05, 3.63) is 95.9 Å². The summed E-state index contributed by atoms with van der Waals surface area (Å²) in [6.07, 6.45) is 22.5. The van der Waals surface area contributed by atoms with E-state index in [1.54, 1.807) is 5.57 Å². The van der Waals surface area contributed by atoms with Gasteiger partial charge in [0.2, 0.25) is 0 Å². The highest BCUT2D eigenvalue weighted by molar-refractivity contribution is 6.21. The zero-order valence-corrected chi connectivity index (χ0v) is 26.3. The molecule has 0 N–H and O–H groups in total. The van der Waals surface area contributed by atoms with Gasteiger partial charge in [0, 0.05) is 62.4 Å². The summed E-state index contributed by atoms with van der Waals surface area (Å²) in [5.74, 6) is 1.43. The van der Waals surface area contributed by atoms with Gasteiger partial charge in [-0.2, -0.15) is 0 Å². The monoisotopic (exact) mass is 578 g/mol. The van der Waals surface area contributed by atoms with Crippen LogP contribution in [-0.4, -0.2) is 20.9 Å². The number of nitrogens with zero attached hydrogens (tertiary/aromatic N) is 2. The summed E-state index contributed by atoms with van der Waals surface area (Å²) < 4.78 is 9.03. The summed E-state index contributed by atoms with van der Waals surface area (Å²) in [7, 11) is 0. The molecule has 0 spiro atoms. The molecule has 3 aromatic heterocycles. The van der Waals surface area contributed by atoms with Crippen LogP contribution >= 0.6 is 0 Å². The van der Waals surface area contributed by atoms with E-state index in [1.165, 1.54) is 87.7 Å². The number of furan rings is 1. The summed E-state index contributed by atoms with van der Waals surface area (Å²) in [5.41, 5.74) is 8.95. The maximum Gasteiger partial charge on any atom is 0.137 e. The molecule has 2 unspecified atom stereocenters. The lowest BCUT2D eigenvalue weighted by atomic mass is 9.78. The van der Waals surface area contributed by atoms with Crippen molar-refractivity contribution in [3.63, 3.8) is 0 Å². The minimum Gasteiger partial charge on any atom is -0.456 e. The molecule has 5 heterocycles. The number of aromatic nitrogens is 1. The summed E-state index contributed by atoms with van der Waals surface area (Å²) in [6, 6.07) is 20.4. The molecule has 222 valence electrons. The summed E-state index contributed by atoms with van der Waals surface area (Å²) >= 11 is 0. The molecule has 44 heavy (non-hydrogen) atoms. The second kappa shape index (κ2) is 9.76. The van der Waals surface area contributed by atoms with Crippen LogP contribution in [0, 0.1) is 11.8 Å². The average Bonchev–Trinajstić information content (AvgIpc) is 3.80. The van der Waals surface area contributed by atoms with Crippen LogP contribution < -0.4 is 0 Å². The average molecular weight is 579 g/mol. The standard InChI is InChI=1S/C41H42N2O/c1-4-28-13-9-15-30-32-16-10-17-33-34-24-35-31-14-7-8-18-38(31)44-39(35)25-37(34)43(40(32)33)36(30)23-29-22-27(21-26-11-5-6-12-26)19-20-42(29)41(28,2)3/h7-10,14-20,22,24-26,28-29H,4-6,11-13,21,23H2,1-3H3/b15-9-. The molecule has 0 bridgehead atoms. The van der Waals surface area contributed by atoms with Gasteiger partial charge in [0.1, 0.15) is 11.2 Å². The molecule has 3 heteroatoms. The quantitative estimate of drug-likeness (QED) is 0.208. The lowest BCUT2D eigenvalue weighted by Gasteiger charge is -2.48. The van der Waals surface area contributed by atoms with Crippen molar-refractivity contribution < 1.29 is 4.42 Å². The van der Waals surface area contributed by atoms with Crippen LogP contribution in [0.2, 0.25) is 0 Å². The van der Waals surface area contributed by atoms with E-state index in [2.05, 4.69) is 115 Å². The third kappa shape index (κ3) is 3.81. The Balaban J connectivity index is 1.29. The van der Waals surface area contributed by atoms with E-state index in [0.29, 0.717) is 12.0 Å². The Morgan fingerprint density at radius 1 is 0.864 bits per heavy atom. The number of fused-ring (bicyclic) bond motifs is 10. The van der Waals surface area contributed by atoms with E-state index in [0.717, 1.165) is 29.9 Å². The molecule has 0 radical (unpaired) electrons. The van der Waals surface area contributed by atoms with E-state index in [1.807, 2.05) is 0 Å². The van der Waals surface area contributed by atoms with Gasteiger partial charge >= 0.3 is 0 Å². The second-order valence-electron chi connectivity index (χ2n) is 14.3. The molecule has 3 nitrogen and oxygen atoms in total. The van der Waals surface area contributed by atoms with Crippen LogP contribution in [-0.2, 0) is 6.42 Å². The first-order chi connectivity index (χ1) is 21.5. The maximum absolute atomic E-state index is 6.43. The van der Waals surface area contributed by atoms with E-state index in [9.17, 15) is 0 Å². The third-order valence-electron chi connectivity index (χ3n) is 11.6. The zero-order valence-electron chi connectivity index (χ0n) is 26.3. The molecule has 2 atom stereocenters. The lowest BCUT2D eigenvalue weighted by Crippen LogP contribution is -2.52. The van der Waals surface area contributed by atoms with E-state index in [-0.39, 0.29) is 5.54 Å². The minimum atomic E-state index is 0.0493. The van der Waals surface area contributed by atoms with Crippen LogP contribution in [0.4, 0.5) is 0 Å². The molecule has 3 aliphatic rings. The molecule has 1 saturated carbocycles. The highest BCUT2D eigenvalue weighted by Crippen LogP contribution is 2.44. The Hall–Kier alpha value is -3.98. The number of rotatable bonds is 3. The smallest absolute Gasteiger partial charge is 0.137 e. The van der Waals surface area contributed by atoms with Crippen molar-refractivity contribution in [2.24, 2.45) is 11.8 Å². The highest BCUT2D eigenvalue weighted by Gasteiger charge is 2.38. The Labute approximate surface area is 259 Å². The fraction of sp³-hybridized carbons (Fsp3) is 0.366. The van der Waals surface area contributed by atoms with Gasteiger partial charge in [0.15, 0.2) is 0 Å². The number of benzene rings is 3. The van der Waals surface area contributed by atoms with Crippen molar-refractivity contribution >= 4 is 55.2 Å². The first kappa shape index (κ1) is 26.4. The van der Waals surface area contributed by atoms with Gasteiger partial charge in [0.05, 0.1) is 17.1 Å². The van der Waals surface area contributed by atoms with Crippen LogP contribution in [0.3, 0.4) is 0 Å². The number of para-hydroxylation sites is 2. The van der Waals surface area contributed by atoms with Crippen molar-refractivity contribution in [2.75, 3.05) is 0 Å². The molecule has 2 aliphatic heterocycles. The second-order valence-corrected chi connectivity index (χ2v) is 14.3. The van der Waals surface area contributed by atoms with Crippen LogP contribution in [0.5, 0.6) is 0 Å². The summed E-state index contributed by atoms with van der Waals surface area (Å²) in [4.78, 5) is 2.71. The van der Waals surface area contributed by atoms with Crippen molar-refractivity contribution in [2.45, 2.75) is 83.7 Å². The number of hydrogen-bond donors (Lipinski definition) is 0. The normalized spacial score (nSPS) is 23.2. The van der Waals surface area contributed by atoms with Gasteiger partial charge in [-0.05, 0) is 62.3 Å². The Morgan fingerprint density at radius 3 is 2.55 bits per heavy atom.